The van der Waals surface area contributed by atoms with E-state index in [1.807, 2.05) is 0 Å². The molecule has 2 aliphatic carbocycles. The van der Waals surface area contributed by atoms with Crippen LogP contribution in [-0.4, -0.2) is 0 Å². The van der Waals surface area contributed by atoms with Gasteiger partial charge in [0.1, 0.15) is 0 Å². The maximum Gasteiger partial charge on any atom is 0.0619 e. The smallest absolute Gasteiger partial charge is 0.0619 e. The van der Waals surface area contributed by atoms with Crippen LogP contribution < -0.4 is 9.80 Å². The van der Waals surface area contributed by atoms with Gasteiger partial charge in [-0.15, -0.1) is 0 Å². The van der Waals surface area contributed by atoms with Crippen molar-refractivity contribution in [2.75, 3.05) is 9.80 Å². The van der Waals surface area contributed by atoms with E-state index in [0.29, 0.717) is 5.92 Å². The van der Waals surface area contributed by atoms with Crippen LogP contribution in [-0.2, 0) is 0 Å². The van der Waals surface area contributed by atoms with Crippen molar-refractivity contribution in [2.45, 2.75) is 6.42 Å². The molecule has 0 heterocycles. The summed E-state index contributed by atoms with van der Waals surface area (Å²) < 4.78 is 0. The van der Waals surface area contributed by atoms with Gasteiger partial charge in [-0.05, 0) is 86.8 Å². The first-order valence-corrected chi connectivity index (χ1v) is 19.5. The summed E-state index contributed by atoms with van der Waals surface area (Å²) in [6, 6.07) is 64.6. The van der Waals surface area contributed by atoms with Crippen molar-refractivity contribution in [3.8, 4) is 0 Å². The van der Waals surface area contributed by atoms with Crippen molar-refractivity contribution in [3.05, 3.63) is 224 Å². The summed E-state index contributed by atoms with van der Waals surface area (Å²) >= 11 is 0. The molecule has 0 fully saturated rings. The van der Waals surface area contributed by atoms with E-state index in [0.717, 1.165) is 23.5 Å². The summed E-state index contributed by atoms with van der Waals surface area (Å²) in [4.78, 5) is 5.01. The third-order valence-corrected chi connectivity index (χ3v) is 11.6. The predicted octanol–water partition coefficient (Wildman–Crippen LogP) is 15.0. The van der Waals surface area contributed by atoms with E-state index in [4.69, 9.17) is 0 Å². The van der Waals surface area contributed by atoms with Gasteiger partial charge < -0.3 is 9.80 Å². The Labute approximate surface area is 326 Å². The van der Waals surface area contributed by atoms with Gasteiger partial charge in [0.2, 0.25) is 0 Å². The molecule has 9 aromatic rings. The molecule has 0 spiro atoms. The van der Waals surface area contributed by atoms with E-state index in [-0.39, 0.29) is 0 Å². The van der Waals surface area contributed by atoms with Gasteiger partial charge in [-0.1, -0.05) is 170 Å². The molecule has 0 bridgehead atoms. The molecule has 9 aromatic carbocycles. The Hall–Kier alpha value is -7.16. The van der Waals surface area contributed by atoms with Gasteiger partial charge in [0.05, 0.1) is 11.4 Å². The number of hydrogen-bond donors (Lipinski definition) is 0. The van der Waals surface area contributed by atoms with Crippen LogP contribution in [0.15, 0.2) is 224 Å². The molecule has 0 radical (unpaired) electrons. The Morgan fingerprint density at radius 1 is 0.393 bits per heavy atom. The molecule has 2 aliphatic rings. The fourth-order valence-corrected chi connectivity index (χ4v) is 8.93. The molecule has 0 amide bonds. The first-order chi connectivity index (χ1) is 27.8. The average molecular weight is 715 g/mol. The zero-order valence-corrected chi connectivity index (χ0v) is 30.9. The van der Waals surface area contributed by atoms with Crippen molar-refractivity contribution >= 4 is 82.3 Å². The van der Waals surface area contributed by atoms with Crippen LogP contribution in [0.4, 0.5) is 28.4 Å². The molecule has 1 atom stereocenters. The van der Waals surface area contributed by atoms with Crippen LogP contribution in [0.25, 0.3) is 53.9 Å². The molecule has 0 aromatic heterocycles. The highest BCUT2D eigenvalue weighted by atomic mass is 15.2. The van der Waals surface area contributed by atoms with Gasteiger partial charge >= 0.3 is 0 Å². The van der Waals surface area contributed by atoms with Crippen molar-refractivity contribution in [3.63, 3.8) is 0 Å². The summed E-state index contributed by atoms with van der Waals surface area (Å²) in [5, 5.41) is 12.1. The molecular formula is C54H38N2. The van der Waals surface area contributed by atoms with Crippen LogP contribution >= 0.6 is 0 Å². The summed E-state index contributed by atoms with van der Waals surface area (Å²) in [5.74, 6) is 0.399. The van der Waals surface area contributed by atoms with Crippen molar-refractivity contribution < 1.29 is 0 Å². The van der Waals surface area contributed by atoms with Crippen molar-refractivity contribution in [1.29, 1.82) is 0 Å². The molecule has 1 unspecified atom stereocenters. The topological polar surface area (TPSA) is 6.48 Å². The molecule has 0 saturated carbocycles. The molecule has 56 heavy (non-hydrogen) atoms. The molecule has 0 saturated heterocycles. The lowest BCUT2D eigenvalue weighted by Crippen LogP contribution is -2.20. The van der Waals surface area contributed by atoms with Gasteiger partial charge in [0, 0.05) is 50.2 Å². The molecule has 0 aliphatic heterocycles. The molecule has 0 N–H and O–H groups in total. The van der Waals surface area contributed by atoms with Gasteiger partial charge in [0.15, 0.2) is 0 Å². The van der Waals surface area contributed by atoms with Crippen molar-refractivity contribution in [2.24, 2.45) is 5.92 Å². The predicted molar refractivity (Wildman–Crippen MR) is 240 cm³/mol. The number of benzene rings is 9. The number of hydrogen-bond acceptors (Lipinski definition) is 2. The highest BCUT2D eigenvalue weighted by molar-refractivity contribution is 6.23. The molecular weight excluding hydrogens is 677 g/mol. The van der Waals surface area contributed by atoms with Gasteiger partial charge in [0.25, 0.3) is 0 Å². The van der Waals surface area contributed by atoms with Crippen LogP contribution in [0.2, 0.25) is 0 Å². The summed E-state index contributed by atoms with van der Waals surface area (Å²) in [6.07, 6.45) is 14.7. The Morgan fingerprint density at radius 3 is 1.29 bits per heavy atom. The first-order valence-electron chi connectivity index (χ1n) is 19.5. The SMILES string of the molecule is C1=CC2=CC(N(c3ccc4ccccc4c3)c3c4ccccc4c(N(c4ccc5ccccc5c4)c4ccc5ccccc5c4)c4ccccc34)=CCC2C=C1. The Bertz CT molecular complexity index is 3010. The molecule has 264 valence electrons. The summed E-state index contributed by atoms with van der Waals surface area (Å²) in [7, 11) is 0. The molecule has 2 nitrogen and oxygen atoms in total. The average Bonchev–Trinajstić information content (AvgIpc) is 3.27. The number of nitrogens with zero attached hydrogens (tertiary/aromatic N) is 2. The van der Waals surface area contributed by atoms with Crippen molar-refractivity contribution in [1.82, 2.24) is 0 Å². The van der Waals surface area contributed by atoms with E-state index in [1.165, 1.54) is 76.5 Å². The standard InChI is InChI=1S/C54H38N2/c1-5-17-41-33-45(29-25-37(41)13-1)55(46-30-26-38-14-2-6-18-42(38)34-46)53-49-21-9-11-23-51(49)54(52-24-12-10-22-50(52)53)56(47-31-27-39-15-3-7-19-43(39)35-47)48-32-28-40-16-4-8-20-44(40)36-48/h1-27,29-36,40H,28H2. The van der Waals surface area contributed by atoms with Crippen LogP contribution in [0, 0.1) is 5.92 Å². The maximum absolute atomic E-state index is 2.52. The van der Waals surface area contributed by atoms with Gasteiger partial charge in [-0.2, -0.15) is 0 Å². The largest absolute Gasteiger partial charge is 0.310 e. The van der Waals surface area contributed by atoms with Crippen LogP contribution in [0.1, 0.15) is 6.42 Å². The number of allylic oxidation sites excluding steroid dienone is 7. The van der Waals surface area contributed by atoms with E-state index in [2.05, 4.69) is 222 Å². The summed E-state index contributed by atoms with van der Waals surface area (Å²) in [6.45, 7) is 0. The van der Waals surface area contributed by atoms with Gasteiger partial charge in [-0.25, -0.2) is 0 Å². The lowest BCUT2D eigenvalue weighted by Gasteiger charge is -2.35. The van der Waals surface area contributed by atoms with Crippen LogP contribution in [0.5, 0.6) is 0 Å². The normalized spacial score (nSPS) is 15.0. The third kappa shape index (κ3) is 5.41. The zero-order valence-electron chi connectivity index (χ0n) is 30.9. The quantitative estimate of drug-likeness (QED) is 0.125. The molecule has 2 heteroatoms. The Kier molecular flexibility index (Phi) is 7.67. The summed E-state index contributed by atoms with van der Waals surface area (Å²) in [5.41, 5.74) is 8.27. The number of anilines is 5. The second-order valence-electron chi connectivity index (χ2n) is 14.9. The lowest BCUT2D eigenvalue weighted by atomic mass is 9.86. The number of rotatable bonds is 6. The second-order valence-corrected chi connectivity index (χ2v) is 14.9. The lowest BCUT2D eigenvalue weighted by molar-refractivity contribution is 0.769. The van der Waals surface area contributed by atoms with E-state index < -0.39 is 0 Å². The third-order valence-electron chi connectivity index (χ3n) is 11.6. The fourth-order valence-electron chi connectivity index (χ4n) is 8.93. The highest BCUT2D eigenvalue weighted by Gasteiger charge is 2.28. The van der Waals surface area contributed by atoms with E-state index in [1.54, 1.807) is 0 Å². The van der Waals surface area contributed by atoms with E-state index in [9.17, 15) is 0 Å². The fraction of sp³-hybridized carbons (Fsp3) is 0.0370. The van der Waals surface area contributed by atoms with Crippen LogP contribution in [0.3, 0.4) is 0 Å². The second kappa shape index (κ2) is 13.3. The highest BCUT2D eigenvalue weighted by Crippen LogP contribution is 2.51. The maximum atomic E-state index is 2.52. The monoisotopic (exact) mass is 714 g/mol. The Morgan fingerprint density at radius 2 is 0.804 bits per heavy atom. The minimum absolute atomic E-state index is 0.399. The Balaban J connectivity index is 1.22. The minimum atomic E-state index is 0.399. The molecule has 11 rings (SSSR count). The first kappa shape index (κ1) is 32.3. The van der Waals surface area contributed by atoms with E-state index >= 15 is 0 Å². The number of fused-ring (bicyclic) bond motifs is 6. The van der Waals surface area contributed by atoms with Gasteiger partial charge in [-0.3, -0.25) is 0 Å². The zero-order chi connectivity index (χ0) is 37.0. The minimum Gasteiger partial charge on any atom is -0.310 e.